The van der Waals surface area contributed by atoms with Gasteiger partial charge in [-0.1, -0.05) is 102 Å². The molecule has 0 saturated carbocycles. The highest BCUT2D eigenvalue weighted by molar-refractivity contribution is 7.39. The first-order valence-corrected chi connectivity index (χ1v) is 12.1. The van der Waals surface area contributed by atoms with Crippen LogP contribution in [0.5, 0.6) is 0 Å². The largest absolute Gasteiger partial charge is 0.352 e. The van der Waals surface area contributed by atoms with E-state index >= 15 is 0 Å². The van der Waals surface area contributed by atoms with Crippen LogP contribution in [0.25, 0.3) is 33.4 Å². The quantitative estimate of drug-likeness (QED) is 0.313. The molecule has 4 rings (SSSR count). The van der Waals surface area contributed by atoms with Crippen molar-refractivity contribution in [2.75, 3.05) is 0 Å². The summed E-state index contributed by atoms with van der Waals surface area (Å²) in [5.74, 6) is 0. The van der Waals surface area contributed by atoms with Gasteiger partial charge in [-0.2, -0.15) is 0 Å². The summed E-state index contributed by atoms with van der Waals surface area (Å²) in [6.45, 7) is 13.9. The predicted octanol–water partition coefficient (Wildman–Crippen LogP) is 7.60. The standard InChI is InChI=1S/C26H28.H4O3P2/c1-25(2,3)21-15-10-16-22(26(4,5)6)24(21)20-14-9-13-19-17-11-7-8-12-18(17)23(19)20;1-4-3-5-2/h7-16H,1-6H3;1-2,4-5H. The minimum atomic E-state index is -0.580. The van der Waals surface area contributed by atoms with Gasteiger partial charge in [0.05, 0.1) is 0 Å². The lowest BCUT2D eigenvalue weighted by atomic mass is 9.70. The molecule has 0 aromatic heterocycles. The molecule has 1 aliphatic rings. The van der Waals surface area contributed by atoms with E-state index in [-0.39, 0.29) is 10.8 Å². The smallest absolute Gasteiger partial charge is 0.158 e. The average molecular weight is 454 g/mol. The molecular formula is C26H32O3P2. The van der Waals surface area contributed by atoms with Crippen LogP contribution < -0.4 is 0 Å². The third-order valence-corrected chi connectivity index (χ3v) is 6.32. The van der Waals surface area contributed by atoms with Crippen molar-refractivity contribution in [2.24, 2.45) is 0 Å². The van der Waals surface area contributed by atoms with Crippen LogP contribution in [0.1, 0.15) is 52.7 Å². The van der Waals surface area contributed by atoms with E-state index in [1.54, 1.807) is 0 Å². The first-order chi connectivity index (χ1) is 14.6. The van der Waals surface area contributed by atoms with Crippen molar-refractivity contribution in [1.82, 2.24) is 0 Å². The maximum atomic E-state index is 7.72. The molecule has 0 radical (unpaired) electrons. The van der Waals surface area contributed by atoms with Gasteiger partial charge >= 0.3 is 0 Å². The highest BCUT2D eigenvalue weighted by Gasteiger charge is 2.31. The van der Waals surface area contributed by atoms with Crippen molar-refractivity contribution in [3.63, 3.8) is 0 Å². The molecule has 3 aromatic carbocycles. The summed E-state index contributed by atoms with van der Waals surface area (Å²) in [4.78, 5) is 15.4. The van der Waals surface area contributed by atoms with Gasteiger partial charge < -0.3 is 9.79 Å². The van der Waals surface area contributed by atoms with Gasteiger partial charge in [-0.15, -0.1) is 0 Å². The number of hydrogen-bond acceptors (Lipinski definition) is 3. The zero-order chi connectivity index (χ0) is 22.8. The second-order valence-electron chi connectivity index (χ2n) is 9.79. The molecule has 0 heterocycles. The topological polar surface area (TPSA) is 49.7 Å². The van der Waals surface area contributed by atoms with Gasteiger partial charge in [-0.25, -0.2) is 0 Å². The lowest BCUT2D eigenvalue weighted by Crippen LogP contribution is -2.19. The Morgan fingerprint density at radius 2 is 1.00 bits per heavy atom. The normalized spacial score (nSPS) is 13.0. The van der Waals surface area contributed by atoms with Crippen LogP contribution in [0, 0.1) is 0 Å². The van der Waals surface area contributed by atoms with Crippen molar-refractivity contribution < 1.29 is 14.1 Å². The van der Waals surface area contributed by atoms with Crippen molar-refractivity contribution in [1.29, 1.82) is 0 Å². The molecular weight excluding hydrogens is 422 g/mol. The van der Waals surface area contributed by atoms with Crippen LogP contribution in [0.4, 0.5) is 0 Å². The number of rotatable bonds is 3. The van der Waals surface area contributed by atoms with Gasteiger partial charge in [0.25, 0.3) is 0 Å². The van der Waals surface area contributed by atoms with E-state index < -0.39 is 18.1 Å². The zero-order valence-corrected chi connectivity index (χ0v) is 21.1. The van der Waals surface area contributed by atoms with E-state index in [9.17, 15) is 0 Å². The number of benzene rings is 3. The van der Waals surface area contributed by atoms with Crippen LogP contribution in [-0.2, 0) is 15.1 Å². The summed E-state index contributed by atoms with van der Waals surface area (Å²) in [7, 11) is -1.16. The van der Waals surface area contributed by atoms with Gasteiger partial charge in [-0.3, -0.25) is 4.31 Å². The molecule has 2 atom stereocenters. The van der Waals surface area contributed by atoms with E-state index in [0.29, 0.717) is 0 Å². The second-order valence-corrected chi connectivity index (χ2v) is 11.0. The summed E-state index contributed by atoms with van der Waals surface area (Å²) in [5, 5.41) is 0. The van der Waals surface area contributed by atoms with E-state index in [1.807, 2.05) is 0 Å². The van der Waals surface area contributed by atoms with Crippen molar-refractivity contribution >= 4 is 18.1 Å². The minimum Gasteiger partial charge on any atom is -0.352 e. The molecule has 2 unspecified atom stereocenters. The first-order valence-electron chi connectivity index (χ1n) is 10.4. The average Bonchev–Trinajstić information content (AvgIpc) is 2.70. The first kappa shape index (κ1) is 24.1. The van der Waals surface area contributed by atoms with Gasteiger partial charge in [0.2, 0.25) is 0 Å². The van der Waals surface area contributed by atoms with Crippen LogP contribution in [0.3, 0.4) is 0 Å². The molecule has 0 amide bonds. The Kier molecular flexibility index (Phi) is 7.36. The monoisotopic (exact) mass is 454 g/mol. The molecule has 2 N–H and O–H groups in total. The molecule has 3 aromatic rings. The fraction of sp³-hybridized carbons (Fsp3) is 0.308. The Morgan fingerprint density at radius 1 is 0.548 bits per heavy atom. The lowest BCUT2D eigenvalue weighted by Gasteiger charge is -2.33. The Bertz CT molecular complexity index is 1030. The summed E-state index contributed by atoms with van der Waals surface area (Å²) in [6, 6.07) is 22.4. The maximum absolute atomic E-state index is 7.72. The fourth-order valence-corrected chi connectivity index (χ4v) is 4.42. The highest BCUT2D eigenvalue weighted by Crippen LogP contribution is 2.53. The number of fused-ring (bicyclic) bond motifs is 4. The maximum Gasteiger partial charge on any atom is 0.158 e. The Balaban J connectivity index is 0.000000491. The van der Waals surface area contributed by atoms with Crippen LogP contribution in [0.2, 0.25) is 0 Å². The van der Waals surface area contributed by atoms with E-state index in [0.717, 1.165) is 0 Å². The molecule has 0 aliphatic heterocycles. The molecule has 1 aliphatic carbocycles. The molecule has 0 saturated heterocycles. The fourth-order valence-electron chi connectivity index (χ4n) is 4.26. The Morgan fingerprint density at radius 3 is 1.48 bits per heavy atom. The van der Waals surface area contributed by atoms with E-state index in [4.69, 9.17) is 9.79 Å². The third kappa shape index (κ3) is 4.92. The summed E-state index contributed by atoms with van der Waals surface area (Å²) in [6.07, 6.45) is 0. The lowest BCUT2D eigenvalue weighted by molar-refractivity contribution is 0.496. The van der Waals surface area contributed by atoms with Crippen molar-refractivity contribution in [2.45, 2.75) is 52.4 Å². The molecule has 5 heteroatoms. The number of hydrogen-bond donors (Lipinski definition) is 2. The molecule has 0 bridgehead atoms. The second kappa shape index (κ2) is 9.49. The molecule has 31 heavy (non-hydrogen) atoms. The van der Waals surface area contributed by atoms with E-state index in [2.05, 4.69) is 107 Å². The van der Waals surface area contributed by atoms with Crippen molar-refractivity contribution in [3.05, 3.63) is 71.8 Å². The molecule has 0 fully saturated rings. The minimum absolute atomic E-state index is 0.0998. The third-order valence-electron chi connectivity index (χ3n) is 5.59. The van der Waals surface area contributed by atoms with Gasteiger partial charge in [-0.05, 0) is 55.3 Å². The predicted molar refractivity (Wildman–Crippen MR) is 136 cm³/mol. The molecule has 3 nitrogen and oxygen atoms in total. The summed E-state index contributed by atoms with van der Waals surface area (Å²) < 4.78 is 4.00. The van der Waals surface area contributed by atoms with Crippen molar-refractivity contribution in [3.8, 4) is 33.4 Å². The van der Waals surface area contributed by atoms with Gasteiger partial charge in [0.1, 0.15) is 0 Å². The van der Waals surface area contributed by atoms with Crippen LogP contribution in [0.15, 0.2) is 60.7 Å². The van der Waals surface area contributed by atoms with Gasteiger partial charge in [0, 0.05) is 0 Å². The molecule has 0 spiro atoms. The highest BCUT2D eigenvalue weighted by atomic mass is 31.2. The Labute approximate surface area is 189 Å². The SMILES string of the molecule is CC(C)(C)c1cccc(C(C)(C)C)c1-c1cccc2c1-c1ccccc1-2.OPOPO. The van der Waals surface area contributed by atoms with E-state index in [1.165, 1.54) is 44.5 Å². The molecule has 164 valence electrons. The summed E-state index contributed by atoms with van der Waals surface area (Å²) >= 11 is 0. The van der Waals surface area contributed by atoms with Crippen LogP contribution >= 0.6 is 18.1 Å². The van der Waals surface area contributed by atoms with Gasteiger partial charge in [0.15, 0.2) is 18.1 Å². The summed E-state index contributed by atoms with van der Waals surface area (Å²) in [5.41, 5.74) is 11.5. The zero-order valence-electron chi connectivity index (χ0n) is 19.1. The Hall–Kier alpha value is -1.60. The van der Waals surface area contributed by atoms with Crippen LogP contribution in [-0.4, -0.2) is 9.79 Å².